The molecule has 1 aliphatic rings. The van der Waals surface area contributed by atoms with Gasteiger partial charge < -0.3 is 34.3 Å². The molecule has 0 spiro atoms. The summed E-state index contributed by atoms with van der Waals surface area (Å²) in [7, 11) is 1.38. The Balaban J connectivity index is 1.46. The van der Waals surface area contributed by atoms with E-state index in [9.17, 15) is 15.3 Å². The number of ether oxygens (including phenoxy) is 4. The van der Waals surface area contributed by atoms with Gasteiger partial charge in [-0.25, -0.2) is 0 Å². The average Bonchev–Trinajstić information content (AvgIpc) is 3.08. The molecular formula is C38H52O7. The summed E-state index contributed by atoms with van der Waals surface area (Å²) in [5, 5.41) is 31.5. The molecule has 7 nitrogen and oxygen atoms in total. The molecule has 45 heavy (non-hydrogen) atoms. The third-order valence-electron chi connectivity index (χ3n) is 8.75. The Kier molecular flexibility index (Phi) is 14.3. The van der Waals surface area contributed by atoms with Gasteiger partial charge in [-0.15, -0.1) is 0 Å². The van der Waals surface area contributed by atoms with Crippen LogP contribution in [0.4, 0.5) is 0 Å². The molecule has 3 aromatic rings. The van der Waals surface area contributed by atoms with Crippen LogP contribution in [0.1, 0.15) is 87.8 Å². The summed E-state index contributed by atoms with van der Waals surface area (Å²) in [5.41, 5.74) is 1.60. The Morgan fingerprint density at radius 2 is 1.13 bits per heavy atom. The summed E-state index contributed by atoms with van der Waals surface area (Å²) in [4.78, 5) is 0. The van der Waals surface area contributed by atoms with Crippen molar-refractivity contribution in [3.05, 3.63) is 102 Å². The first-order chi connectivity index (χ1) is 22.0. The van der Waals surface area contributed by atoms with Crippen LogP contribution in [-0.2, 0) is 19.8 Å². The van der Waals surface area contributed by atoms with Crippen LogP contribution in [0.2, 0.25) is 0 Å². The predicted molar refractivity (Wildman–Crippen MR) is 176 cm³/mol. The number of unbranched alkanes of at least 4 members (excludes halogenated alkanes) is 9. The fraction of sp³-hybridized carbons (Fsp3) is 0.526. The van der Waals surface area contributed by atoms with Crippen molar-refractivity contribution in [2.45, 2.75) is 107 Å². The van der Waals surface area contributed by atoms with Gasteiger partial charge in [0.15, 0.2) is 6.29 Å². The molecule has 0 radical (unpaired) electrons. The lowest BCUT2D eigenvalue weighted by Gasteiger charge is -2.42. The minimum atomic E-state index is -1.44. The monoisotopic (exact) mass is 620 g/mol. The first-order valence-electron chi connectivity index (χ1n) is 16.7. The SMILES string of the molecule is CCCCCCCCCCCCOc1ccc(C(OC[C@H]2O[C@H](OC)[C@H](O)[C@@H](O)[C@@H]2O)(c2ccccc2)c2ccccc2)cc1. The van der Waals surface area contributed by atoms with Crippen molar-refractivity contribution >= 4 is 0 Å². The second kappa shape index (κ2) is 18.4. The van der Waals surface area contributed by atoms with Gasteiger partial charge in [-0.2, -0.15) is 0 Å². The van der Waals surface area contributed by atoms with E-state index in [4.69, 9.17) is 18.9 Å². The van der Waals surface area contributed by atoms with Crippen LogP contribution in [0.15, 0.2) is 84.9 Å². The van der Waals surface area contributed by atoms with E-state index in [0.29, 0.717) is 6.61 Å². The summed E-state index contributed by atoms with van der Waals surface area (Å²) < 4.78 is 24.0. The molecule has 1 aliphatic heterocycles. The van der Waals surface area contributed by atoms with Crippen molar-refractivity contribution in [1.82, 2.24) is 0 Å². The van der Waals surface area contributed by atoms with Crippen molar-refractivity contribution in [1.29, 1.82) is 0 Å². The van der Waals surface area contributed by atoms with E-state index in [0.717, 1.165) is 28.9 Å². The normalized spacial score (nSPS) is 21.9. The van der Waals surface area contributed by atoms with Crippen molar-refractivity contribution in [3.63, 3.8) is 0 Å². The summed E-state index contributed by atoms with van der Waals surface area (Å²) in [6.07, 6.45) is 6.64. The van der Waals surface area contributed by atoms with Crippen molar-refractivity contribution in [2.75, 3.05) is 20.3 Å². The number of rotatable bonds is 19. The van der Waals surface area contributed by atoms with Gasteiger partial charge in [0.1, 0.15) is 35.8 Å². The zero-order valence-corrected chi connectivity index (χ0v) is 26.9. The zero-order chi connectivity index (χ0) is 31.9. The Bertz CT molecular complexity index is 1160. The molecule has 4 rings (SSSR count). The first-order valence-corrected chi connectivity index (χ1v) is 16.7. The van der Waals surface area contributed by atoms with Crippen LogP contribution < -0.4 is 4.74 Å². The van der Waals surface area contributed by atoms with Crippen molar-refractivity contribution in [2.24, 2.45) is 0 Å². The van der Waals surface area contributed by atoms with E-state index in [1.54, 1.807) is 0 Å². The Morgan fingerprint density at radius 1 is 0.622 bits per heavy atom. The molecule has 0 aromatic heterocycles. The van der Waals surface area contributed by atoms with Crippen molar-refractivity contribution < 1.29 is 34.3 Å². The molecule has 5 atom stereocenters. The highest BCUT2D eigenvalue weighted by molar-refractivity contribution is 5.48. The zero-order valence-electron chi connectivity index (χ0n) is 26.9. The molecule has 1 saturated heterocycles. The Labute approximate surface area is 269 Å². The van der Waals surface area contributed by atoms with Crippen molar-refractivity contribution in [3.8, 4) is 5.75 Å². The Morgan fingerprint density at radius 3 is 1.67 bits per heavy atom. The summed E-state index contributed by atoms with van der Waals surface area (Å²) >= 11 is 0. The smallest absolute Gasteiger partial charge is 0.186 e. The molecule has 3 aromatic carbocycles. The predicted octanol–water partition coefficient (Wildman–Crippen LogP) is 6.75. The van der Waals surface area contributed by atoms with Gasteiger partial charge in [0.05, 0.1) is 13.2 Å². The summed E-state index contributed by atoms with van der Waals surface area (Å²) in [6.45, 7) is 2.86. The third kappa shape index (κ3) is 9.38. The lowest BCUT2D eigenvalue weighted by molar-refractivity contribution is -0.299. The molecule has 1 heterocycles. The standard InChI is InChI=1S/C38H52O7/c1-3-4-5-6-7-8-9-10-11-18-27-43-32-25-23-31(24-26-32)38(29-19-14-12-15-20-29,30-21-16-13-17-22-30)44-28-33-34(39)35(40)36(41)37(42-2)45-33/h12-17,19-26,33-37,39-41H,3-11,18,27-28H2,1-2H3/t33-,34-,35+,36-,37+/m1/s1. The van der Waals surface area contributed by atoms with Gasteiger partial charge >= 0.3 is 0 Å². The number of hydrogen-bond acceptors (Lipinski definition) is 7. The van der Waals surface area contributed by atoms with Crippen LogP contribution in [0.5, 0.6) is 5.75 Å². The third-order valence-corrected chi connectivity index (χ3v) is 8.75. The number of aliphatic hydroxyl groups is 3. The molecular weight excluding hydrogens is 568 g/mol. The van der Waals surface area contributed by atoms with Crippen LogP contribution in [0.25, 0.3) is 0 Å². The maximum Gasteiger partial charge on any atom is 0.186 e. The molecule has 0 aliphatic carbocycles. The lowest BCUT2D eigenvalue weighted by atomic mass is 9.80. The number of benzene rings is 3. The van der Waals surface area contributed by atoms with Crippen LogP contribution in [-0.4, -0.2) is 66.3 Å². The molecule has 0 saturated carbocycles. The highest BCUT2D eigenvalue weighted by Crippen LogP contribution is 2.41. The van der Waals surface area contributed by atoms with Crippen LogP contribution in [0, 0.1) is 0 Å². The highest BCUT2D eigenvalue weighted by atomic mass is 16.7. The van der Waals surface area contributed by atoms with Gasteiger partial charge in [0.2, 0.25) is 0 Å². The second-order valence-corrected chi connectivity index (χ2v) is 12.0. The van der Waals surface area contributed by atoms with E-state index in [-0.39, 0.29) is 6.61 Å². The van der Waals surface area contributed by atoms with Gasteiger partial charge in [0, 0.05) is 7.11 Å². The van der Waals surface area contributed by atoms with Gasteiger partial charge in [-0.05, 0) is 35.2 Å². The quantitative estimate of drug-likeness (QED) is 0.101. The Hall–Kier alpha value is -2.78. The number of methoxy groups -OCH3 is 1. The molecule has 1 fully saturated rings. The maximum atomic E-state index is 10.8. The molecule has 246 valence electrons. The molecule has 7 heteroatoms. The van der Waals surface area contributed by atoms with E-state index >= 15 is 0 Å². The van der Waals surface area contributed by atoms with Crippen LogP contribution >= 0.6 is 0 Å². The van der Waals surface area contributed by atoms with E-state index in [2.05, 4.69) is 6.92 Å². The number of hydrogen-bond donors (Lipinski definition) is 3. The molecule has 3 N–H and O–H groups in total. The molecule has 0 unspecified atom stereocenters. The first kappa shape index (κ1) is 35.1. The van der Waals surface area contributed by atoms with E-state index in [1.165, 1.54) is 64.9 Å². The molecule has 0 bridgehead atoms. The lowest BCUT2D eigenvalue weighted by Crippen LogP contribution is -2.59. The minimum Gasteiger partial charge on any atom is -0.494 e. The number of aliphatic hydroxyl groups excluding tert-OH is 3. The van der Waals surface area contributed by atoms with Gasteiger partial charge in [-0.3, -0.25) is 0 Å². The van der Waals surface area contributed by atoms with Gasteiger partial charge in [0.25, 0.3) is 0 Å². The topological polar surface area (TPSA) is 97.6 Å². The van der Waals surface area contributed by atoms with Crippen LogP contribution in [0.3, 0.4) is 0 Å². The second-order valence-electron chi connectivity index (χ2n) is 12.0. The van der Waals surface area contributed by atoms with E-state index in [1.807, 2.05) is 84.9 Å². The summed E-state index contributed by atoms with van der Waals surface area (Å²) in [6, 6.07) is 27.8. The fourth-order valence-electron chi connectivity index (χ4n) is 6.12. The largest absolute Gasteiger partial charge is 0.494 e. The average molecular weight is 621 g/mol. The summed E-state index contributed by atoms with van der Waals surface area (Å²) in [5.74, 6) is 0.802. The van der Waals surface area contributed by atoms with E-state index < -0.39 is 36.3 Å². The molecule has 0 amide bonds. The fourth-order valence-corrected chi connectivity index (χ4v) is 6.12. The maximum absolute atomic E-state index is 10.8. The minimum absolute atomic E-state index is 0.0778. The highest BCUT2D eigenvalue weighted by Gasteiger charge is 2.46. The van der Waals surface area contributed by atoms with Gasteiger partial charge in [-0.1, -0.05) is 138 Å².